The zero-order valence-electron chi connectivity index (χ0n) is 28.3. The summed E-state index contributed by atoms with van der Waals surface area (Å²) in [6.45, 7) is 3.41. The van der Waals surface area contributed by atoms with Crippen LogP contribution < -0.4 is 10.6 Å². The van der Waals surface area contributed by atoms with Gasteiger partial charge >= 0.3 is 12.4 Å². The first-order valence-corrected chi connectivity index (χ1v) is 18.4. The first-order chi connectivity index (χ1) is 25.4. The molecule has 0 amide bonds. The molecule has 0 bridgehead atoms. The maximum absolute atomic E-state index is 13.3. The number of hydrogen-bond donors (Lipinski definition) is 2. The van der Waals surface area contributed by atoms with Gasteiger partial charge in [-0.3, -0.25) is 0 Å². The first-order valence-electron chi connectivity index (χ1n) is 16.8. The molecule has 272 valence electrons. The van der Waals surface area contributed by atoms with Crippen LogP contribution in [-0.2, 0) is 12.4 Å². The summed E-state index contributed by atoms with van der Waals surface area (Å²) in [5, 5.41) is 6.28. The number of halogens is 6. The fourth-order valence-corrected chi connectivity index (χ4v) is 8.38. The van der Waals surface area contributed by atoms with E-state index >= 15 is 0 Å². The average Bonchev–Trinajstić information content (AvgIpc) is 3.74. The van der Waals surface area contributed by atoms with Crippen molar-refractivity contribution in [2.75, 3.05) is 10.6 Å². The van der Waals surface area contributed by atoms with Crippen molar-refractivity contribution in [1.29, 1.82) is 0 Å². The van der Waals surface area contributed by atoms with Crippen LogP contribution in [0.15, 0.2) is 104 Å². The quantitative estimate of drug-likeness (QED) is 0.150. The van der Waals surface area contributed by atoms with Gasteiger partial charge in [0.05, 0.1) is 43.6 Å². The molecular formula is C39H32F6N6S2. The molecule has 2 atom stereocenters. The fourth-order valence-electron chi connectivity index (χ4n) is 6.08. The lowest BCUT2D eigenvalue weighted by molar-refractivity contribution is -0.139. The van der Waals surface area contributed by atoms with Crippen LogP contribution in [0.3, 0.4) is 0 Å². The lowest BCUT2D eigenvalue weighted by atomic mass is 10.0. The Hall–Kier alpha value is -5.08. The zero-order chi connectivity index (χ0) is 37.3. The third-order valence-electron chi connectivity index (χ3n) is 8.85. The Morgan fingerprint density at radius 1 is 0.604 bits per heavy atom. The Morgan fingerprint density at radius 3 is 1.58 bits per heavy atom. The Labute approximate surface area is 309 Å². The molecule has 1 aliphatic rings. The molecule has 1 saturated carbocycles. The van der Waals surface area contributed by atoms with E-state index in [0.29, 0.717) is 17.6 Å². The lowest BCUT2D eigenvalue weighted by Crippen LogP contribution is -2.15. The van der Waals surface area contributed by atoms with Crippen LogP contribution in [0.5, 0.6) is 0 Å². The van der Waals surface area contributed by atoms with Crippen LogP contribution in [0.25, 0.3) is 30.9 Å². The second-order valence-corrected chi connectivity index (χ2v) is 14.8. The molecule has 2 unspecified atom stereocenters. The van der Waals surface area contributed by atoms with E-state index in [-0.39, 0.29) is 11.1 Å². The van der Waals surface area contributed by atoms with Crippen molar-refractivity contribution in [3.05, 3.63) is 131 Å². The van der Waals surface area contributed by atoms with Crippen molar-refractivity contribution in [3.63, 3.8) is 0 Å². The third kappa shape index (κ3) is 8.13. The molecule has 0 aliphatic heterocycles. The molecule has 6 nitrogen and oxygen atoms in total. The number of rotatable bonds is 8. The largest absolute Gasteiger partial charge is 0.416 e. The number of nitrogens with one attached hydrogen (secondary N) is 2. The van der Waals surface area contributed by atoms with Gasteiger partial charge in [0, 0.05) is 9.75 Å². The Balaban J connectivity index is 0.000000165. The Morgan fingerprint density at radius 2 is 1.08 bits per heavy atom. The van der Waals surface area contributed by atoms with Crippen LogP contribution >= 0.6 is 22.7 Å². The molecule has 0 radical (unpaired) electrons. The van der Waals surface area contributed by atoms with Crippen LogP contribution in [0.1, 0.15) is 71.8 Å². The van der Waals surface area contributed by atoms with Crippen LogP contribution in [0.4, 0.5) is 38.0 Å². The third-order valence-corrected chi connectivity index (χ3v) is 11.3. The molecule has 14 heteroatoms. The van der Waals surface area contributed by atoms with Crippen LogP contribution in [0.2, 0.25) is 0 Å². The van der Waals surface area contributed by atoms with Gasteiger partial charge in [-0.2, -0.15) is 26.3 Å². The van der Waals surface area contributed by atoms with Crippen molar-refractivity contribution in [2.24, 2.45) is 0 Å². The van der Waals surface area contributed by atoms with Gasteiger partial charge in [-0.05, 0) is 73.6 Å². The number of fused-ring (bicyclic) bond motifs is 2. The number of hydrogen-bond acceptors (Lipinski definition) is 8. The van der Waals surface area contributed by atoms with Crippen molar-refractivity contribution < 1.29 is 26.3 Å². The summed E-state index contributed by atoms with van der Waals surface area (Å²) >= 11 is 3.15. The van der Waals surface area contributed by atoms with E-state index in [1.54, 1.807) is 37.3 Å². The van der Waals surface area contributed by atoms with E-state index in [1.165, 1.54) is 66.0 Å². The molecule has 53 heavy (non-hydrogen) atoms. The van der Waals surface area contributed by atoms with Gasteiger partial charge < -0.3 is 10.6 Å². The van der Waals surface area contributed by atoms with Gasteiger partial charge in [-0.25, -0.2) is 19.9 Å². The van der Waals surface area contributed by atoms with Gasteiger partial charge in [-0.15, -0.1) is 22.7 Å². The van der Waals surface area contributed by atoms with Gasteiger partial charge in [0.1, 0.15) is 24.3 Å². The summed E-state index contributed by atoms with van der Waals surface area (Å²) in [4.78, 5) is 19.4. The summed E-state index contributed by atoms with van der Waals surface area (Å²) in [6, 6.07) is 24.1. The van der Waals surface area contributed by atoms with Crippen molar-refractivity contribution in [3.8, 4) is 10.4 Å². The van der Waals surface area contributed by atoms with E-state index in [9.17, 15) is 26.3 Å². The minimum absolute atomic E-state index is 0.182. The van der Waals surface area contributed by atoms with Crippen molar-refractivity contribution >= 4 is 54.7 Å². The fraction of sp³-hybridized carbons (Fsp3) is 0.231. The van der Waals surface area contributed by atoms with E-state index in [0.717, 1.165) is 43.0 Å². The monoisotopic (exact) mass is 762 g/mol. The molecule has 4 heterocycles. The predicted octanol–water partition coefficient (Wildman–Crippen LogP) is 12.3. The van der Waals surface area contributed by atoms with Gasteiger partial charge in [-0.1, -0.05) is 66.7 Å². The summed E-state index contributed by atoms with van der Waals surface area (Å²) in [5.41, 5.74) is 1.80. The highest BCUT2D eigenvalue weighted by molar-refractivity contribution is 7.22. The maximum Gasteiger partial charge on any atom is 0.416 e. The summed E-state index contributed by atoms with van der Waals surface area (Å²) in [6.07, 6.45) is -3.52. The van der Waals surface area contributed by atoms with Gasteiger partial charge in [0.2, 0.25) is 0 Å². The van der Waals surface area contributed by atoms with Gasteiger partial charge in [0.15, 0.2) is 0 Å². The molecule has 1 fully saturated rings. The smallest absolute Gasteiger partial charge is 0.362 e. The van der Waals surface area contributed by atoms with E-state index in [2.05, 4.69) is 36.6 Å². The maximum atomic E-state index is 13.3. The standard InChI is InChI=1S/C21H16F3N3S.C18H16F3N3S/c1-13(15-9-5-6-10-16(15)21(22,23)24)27-20-19-17(25-12-26-20)11-18(28-19)14-7-3-2-4-8-14;1-10(12-4-2-3-5-13(12)18(19,20)21)24-17-16-14(22-9-23-17)8-15(25-16)11-6-7-11/h2-13H,1H3,(H,25,26,27);2-5,8-11H,6-7H2,1H3,(H,22,23,24). The number of alkyl halides is 6. The SMILES string of the molecule is CC(Nc1ncnc2cc(-c3ccccc3)sc12)c1ccccc1C(F)(F)F.CC(Nc1ncnc2cc(C3CC3)sc12)c1ccccc1C(F)(F)F. The normalized spacial score (nSPS) is 14.4. The highest BCUT2D eigenvalue weighted by atomic mass is 32.1. The van der Waals surface area contributed by atoms with Crippen molar-refractivity contribution in [1.82, 2.24) is 19.9 Å². The van der Waals surface area contributed by atoms with Crippen molar-refractivity contribution in [2.45, 2.75) is 57.0 Å². The molecule has 4 aromatic heterocycles. The molecule has 0 spiro atoms. The highest BCUT2D eigenvalue weighted by Gasteiger charge is 2.35. The summed E-state index contributed by atoms with van der Waals surface area (Å²) in [7, 11) is 0. The molecule has 2 N–H and O–H groups in total. The Bertz CT molecular complexity index is 2350. The average molecular weight is 763 g/mol. The number of thiophene rings is 2. The van der Waals surface area contributed by atoms with Crippen LogP contribution in [0, 0.1) is 0 Å². The molecule has 7 aromatic rings. The minimum Gasteiger partial charge on any atom is -0.362 e. The Kier molecular flexibility index (Phi) is 10.1. The molecule has 3 aromatic carbocycles. The number of aromatic nitrogens is 4. The second-order valence-electron chi connectivity index (χ2n) is 12.7. The number of anilines is 2. The highest BCUT2D eigenvalue weighted by Crippen LogP contribution is 2.46. The van der Waals surface area contributed by atoms with E-state index in [1.807, 2.05) is 36.4 Å². The molecule has 8 rings (SSSR count). The van der Waals surface area contributed by atoms with Gasteiger partial charge in [0.25, 0.3) is 0 Å². The van der Waals surface area contributed by atoms with E-state index in [4.69, 9.17) is 0 Å². The molecule has 0 saturated heterocycles. The predicted molar refractivity (Wildman–Crippen MR) is 199 cm³/mol. The van der Waals surface area contributed by atoms with Crippen LogP contribution in [-0.4, -0.2) is 19.9 Å². The lowest BCUT2D eigenvalue weighted by Gasteiger charge is -2.20. The minimum atomic E-state index is -4.41. The van der Waals surface area contributed by atoms with E-state index < -0.39 is 35.6 Å². The molecule has 1 aliphatic carbocycles. The number of nitrogens with zero attached hydrogens (tertiary/aromatic N) is 4. The zero-order valence-corrected chi connectivity index (χ0v) is 30.0. The first kappa shape index (κ1) is 36.3. The molecular weight excluding hydrogens is 731 g/mol. The summed E-state index contributed by atoms with van der Waals surface area (Å²) in [5.74, 6) is 1.73. The topological polar surface area (TPSA) is 75.6 Å². The number of benzene rings is 3. The second kappa shape index (κ2) is 14.7. The summed E-state index contributed by atoms with van der Waals surface area (Å²) < 4.78 is 81.5.